The van der Waals surface area contributed by atoms with Crippen molar-refractivity contribution in [3.05, 3.63) is 29.9 Å². The Bertz CT molecular complexity index is 515. The number of benzene rings is 1. The molecule has 6 nitrogen and oxygen atoms in total. The van der Waals surface area contributed by atoms with E-state index in [9.17, 15) is 5.21 Å². The molecule has 16 heavy (non-hydrogen) atoms. The predicted octanol–water partition coefficient (Wildman–Crippen LogP) is -0.145. The molecule has 0 bridgehead atoms. The summed E-state index contributed by atoms with van der Waals surface area (Å²) in [6.45, 7) is 0.372. The van der Waals surface area contributed by atoms with Crippen molar-refractivity contribution in [2.24, 2.45) is 0 Å². The molecule has 0 saturated heterocycles. The van der Waals surface area contributed by atoms with E-state index in [1.54, 1.807) is 18.3 Å². The Labute approximate surface area is 91.9 Å². The molecule has 1 heterocycles. The normalized spacial score (nSPS) is 10.6. The van der Waals surface area contributed by atoms with Crippen LogP contribution in [-0.2, 0) is 0 Å². The van der Waals surface area contributed by atoms with Crippen LogP contribution in [0.2, 0.25) is 0 Å². The first-order valence-electron chi connectivity index (χ1n) is 4.84. The molecule has 1 aromatic heterocycles. The van der Waals surface area contributed by atoms with E-state index in [0.717, 1.165) is 0 Å². The van der Waals surface area contributed by atoms with Gasteiger partial charge in [0.15, 0.2) is 11.7 Å². The molecule has 0 aliphatic carbocycles. The number of anilines is 2. The number of nitrogen functional groups attached to an aromatic ring is 1. The molecule has 2 rings (SSSR count). The zero-order valence-corrected chi connectivity index (χ0v) is 8.55. The van der Waals surface area contributed by atoms with E-state index in [2.05, 4.69) is 10.3 Å². The second-order valence-corrected chi connectivity index (χ2v) is 3.33. The molecule has 4 N–H and O–H groups in total. The third-order valence-corrected chi connectivity index (χ3v) is 2.27. The number of aromatic nitrogens is 2. The maximum Gasteiger partial charge on any atom is 0.289 e. The van der Waals surface area contributed by atoms with Crippen LogP contribution in [0, 0.1) is 5.21 Å². The minimum atomic E-state index is -0.00416. The number of nitrogens with one attached hydrogen (secondary N) is 1. The van der Waals surface area contributed by atoms with Gasteiger partial charge in [-0.05, 0) is 12.1 Å². The van der Waals surface area contributed by atoms with Crippen LogP contribution in [-0.4, -0.2) is 23.2 Å². The number of hydrogen-bond acceptors (Lipinski definition) is 5. The van der Waals surface area contributed by atoms with Gasteiger partial charge in [0.25, 0.3) is 6.33 Å². The number of rotatable bonds is 3. The minimum Gasteiger partial charge on any atom is -0.710 e. The number of fused-ring (bicyclic) bond motifs is 1. The van der Waals surface area contributed by atoms with Gasteiger partial charge in [-0.15, -0.1) is 0 Å². The third kappa shape index (κ3) is 1.70. The molecular weight excluding hydrogens is 208 g/mol. The van der Waals surface area contributed by atoms with Crippen molar-refractivity contribution in [1.82, 2.24) is 4.98 Å². The lowest BCUT2D eigenvalue weighted by molar-refractivity contribution is -0.580. The number of aliphatic hydroxyl groups is 1. The molecule has 1 aromatic carbocycles. The third-order valence-electron chi connectivity index (χ3n) is 2.27. The fourth-order valence-electron chi connectivity index (χ4n) is 1.56. The zero-order valence-electron chi connectivity index (χ0n) is 8.55. The van der Waals surface area contributed by atoms with Gasteiger partial charge in [-0.3, -0.25) is 0 Å². The first kappa shape index (κ1) is 10.4. The molecule has 0 saturated carbocycles. The first-order valence-corrected chi connectivity index (χ1v) is 4.84. The average Bonchev–Trinajstić information content (AvgIpc) is 2.29. The molecule has 0 fully saturated rings. The first-order chi connectivity index (χ1) is 7.74. The van der Waals surface area contributed by atoms with Crippen molar-refractivity contribution in [3.63, 3.8) is 0 Å². The fourth-order valence-corrected chi connectivity index (χ4v) is 1.56. The van der Waals surface area contributed by atoms with Gasteiger partial charge >= 0.3 is 0 Å². The van der Waals surface area contributed by atoms with Crippen LogP contribution in [0.5, 0.6) is 0 Å². The number of aliphatic hydroxyl groups excluding tert-OH is 1. The van der Waals surface area contributed by atoms with E-state index in [1.807, 2.05) is 0 Å². The molecule has 6 heteroatoms. The van der Waals surface area contributed by atoms with E-state index < -0.39 is 0 Å². The smallest absolute Gasteiger partial charge is 0.289 e. The van der Waals surface area contributed by atoms with Crippen LogP contribution in [0.25, 0.3) is 10.9 Å². The van der Waals surface area contributed by atoms with E-state index in [0.29, 0.717) is 33.6 Å². The lowest BCUT2D eigenvalue weighted by atomic mass is 10.2. The molecule has 0 aliphatic rings. The molecular formula is C10H12N4O2. The zero-order chi connectivity index (χ0) is 11.5. The van der Waals surface area contributed by atoms with Crippen LogP contribution >= 0.6 is 0 Å². The van der Waals surface area contributed by atoms with Crippen molar-refractivity contribution in [2.75, 3.05) is 24.2 Å². The Morgan fingerprint density at radius 3 is 3.06 bits per heavy atom. The molecule has 84 valence electrons. The van der Waals surface area contributed by atoms with Gasteiger partial charge in [-0.1, -0.05) is 4.98 Å². The fraction of sp³-hybridized carbons (Fsp3) is 0.200. The van der Waals surface area contributed by atoms with Gasteiger partial charge in [0.05, 0.1) is 17.7 Å². The van der Waals surface area contributed by atoms with Gasteiger partial charge < -0.3 is 21.4 Å². The van der Waals surface area contributed by atoms with Crippen molar-refractivity contribution in [3.8, 4) is 0 Å². The highest BCUT2D eigenvalue weighted by Crippen LogP contribution is 2.24. The van der Waals surface area contributed by atoms with Crippen LogP contribution in [0.3, 0.4) is 0 Å². The van der Waals surface area contributed by atoms with Crippen molar-refractivity contribution >= 4 is 22.3 Å². The van der Waals surface area contributed by atoms with Gasteiger partial charge in [-0.2, -0.15) is 0 Å². The standard InChI is InChI=1S/C10H12N4O2/c11-8-1-2-9(13-3-4-15)10-7(8)5-12-6-14(10)16/h1-2,5-6,13,15H,3-4,11H2. The number of nitrogens with zero attached hydrogens (tertiary/aromatic N) is 2. The summed E-state index contributed by atoms with van der Waals surface area (Å²) in [6, 6.07) is 3.41. The van der Waals surface area contributed by atoms with Gasteiger partial charge in [0, 0.05) is 12.2 Å². The molecule has 0 spiro atoms. The Balaban J connectivity index is 2.61. The number of nitrogens with two attached hydrogens (primary N) is 1. The summed E-state index contributed by atoms with van der Waals surface area (Å²) in [6.07, 6.45) is 2.72. The Morgan fingerprint density at radius 2 is 2.31 bits per heavy atom. The molecule has 0 unspecified atom stereocenters. The molecule has 0 atom stereocenters. The van der Waals surface area contributed by atoms with Gasteiger partial charge in [0.1, 0.15) is 0 Å². The second-order valence-electron chi connectivity index (χ2n) is 3.33. The lowest BCUT2D eigenvalue weighted by Crippen LogP contribution is -2.28. The van der Waals surface area contributed by atoms with Gasteiger partial charge in [-0.25, -0.2) is 4.73 Å². The summed E-state index contributed by atoms with van der Waals surface area (Å²) in [5, 5.41) is 23.9. The number of hydrogen-bond donors (Lipinski definition) is 3. The second kappa shape index (κ2) is 4.19. The quantitative estimate of drug-likeness (QED) is 0.380. The Morgan fingerprint density at radius 1 is 1.50 bits per heavy atom. The summed E-state index contributed by atoms with van der Waals surface area (Å²) in [7, 11) is 0. The highest BCUT2D eigenvalue weighted by molar-refractivity contribution is 5.95. The predicted molar refractivity (Wildman–Crippen MR) is 60.7 cm³/mol. The molecule has 2 aromatic rings. The highest BCUT2D eigenvalue weighted by atomic mass is 16.5. The Kier molecular flexibility index (Phi) is 2.74. The Hall–Kier alpha value is -2.08. The summed E-state index contributed by atoms with van der Waals surface area (Å²) in [5.41, 5.74) is 7.32. The van der Waals surface area contributed by atoms with Crippen LogP contribution in [0.1, 0.15) is 0 Å². The van der Waals surface area contributed by atoms with Crippen molar-refractivity contribution in [2.45, 2.75) is 0 Å². The van der Waals surface area contributed by atoms with Crippen molar-refractivity contribution in [1.29, 1.82) is 0 Å². The topological polar surface area (TPSA) is 98.1 Å². The van der Waals surface area contributed by atoms with Crippen LogP contribution < -0.4 is 15.8 Å². The lowest BCUT2D eigenvalue weighted by Gasteiger charge is -2.11. The summed E-state index contributed by atoms with van der Waals surface area (Å²) < 4.78 is 0.658. The van der Waals surface area contributed by atoms with Gasteiger partial charge in [0.2, 0.25) is 0 Å². The van der Waals surface area contributed by atoms with Crippen LogP contribution in [0.4, 0.5) is 11.4 Å². The molecule has 0 aliphatic heterocycles. The van der Waals surface area contributed by atoms with Crippen molar-refractivity contribution < 1.29 is 9.84 Å². The SMILES string of the molecule is Nc1ccc(NCCO)c2c1cnc[n+]2[O-]. The highest BCUT2D eigenvalue weighted by Gasteiger charge is 2.10. The van der Waals surface area contributed by atoms with E-state index in [4.69, 9.17) is 10.8 Å². The van der Waals surface area contributed by atoms with E-state index in [1.165, 1.54) is 6.33 Å². The van der Waals surface area contributed by atoms with E-state index in [-0.39, 0.29) is 6.61 Å². The summed E-state index contributed by atoms with van der Waals surface area (Å²) in [5.74, 6) is 0. The maximum atomic E-state index is 11.6. The largest absolute Gasteiger partial charge is 0.710 e. The summed E-state index contributed by atoms with van der Waals surface area (Å²) in [4.78, 5) is 3.79. The average molecular weight is 220 g/mol. The molecule has 0 radical (unpaired) electrons. The van der Waals surface area contributed by atoms with Crippen LogP contribution in [0.15, 0.2) is 24.7 Å². The minimum absolute atomic E-state index is 0.00416. The monoisotopic (exact) mass is 220 g/mol. The summed E-state index contributed by atoms with van der Waals surface area (Å²) >= 11 is 0. The molecule has 0 amide bonds. The maximum absolute atomic E-state index is 11.6. The van der Waals surface area contributed by atoms with E-state index >= 15 is 0 Å².